The van der Waals surface area contributed by atoms with Gasteiger partial charge in [-0.25, -0.2) is 8.78 Å². The quantitative estimate of drug-likeness (QED) is 0.682. The predicted molar refractivity (Wildman–Crippen MR) is 66.2 cm³/mol. The first-order valence-electron chi connectivity index (χ1n) is 5.67. The van der Waals surface area contributed by atoms with Gasteiger partial charge in [-0.2, -0.15) is 10.2 Å². The molecule has 1 heterocycles. The Balaban J connectivity index is 2.22. The van der Waals surface area contributed by atoms with Crippen LogP contribution in [-0.2, 0) is 6.54 Å². The van der Waals surface area contributed by atoms with Crippen LogP contribution in [0.1, 0.15) is 16.1 Å². The minimum Gasteiger partial charge on any atom is -0.346 e. The highest BCUT2D eigenvalue weighted by Crippen LogP contribution is 2.22. The van der Waals surface area contributed by atoms with Crippen LogP contribution >= 0.6 is 0 Å². The van der Waals surface area contributed by atoms with Crippen LogP contribution in [0.2, 0.25) is 0 Å². The van der Waals surface area contributed by atoms with E-state index in [0.717, 1.165) is 0 Å². The second-order valence-electron chi connectivity index (χ2n) is 3.94. The molecule has 2 rings (SSSR count). The number of nitrogens with one attached hydrogen (secondary N) is 1. The lowest BCUT2D eigenvalue weighted by Gasteiger charge is -2.05. The fraction of sp³-hybridized carbons (Fsp3) is 0.0833. The van der Waals surface area contributed by atoms with Gasteiger partial charge < -0.3 is 5.32 Å². The van der Waals surface area contributed by atoms with Crippen LogP contribution in [0.15, 0.2) is 30.5 Å². The summed E-state index contributed by atoms with van der Waals surface area (Å²) in [5, 5.41) is 20.4. The zero-order valence-electron chi connectivity index (χ0n) is 10.4. The number of halogens is 2. The van der Waals surface area contributed by atoms with E-state index in [4.69, 9.17) is 0 Å². The summed E-state index contributed by atoms with van der Waals surface area (Å²) < 4.78 is 26.2. The van der Waals surface area contributed by atoms with Crippen LogP contribution in [0.5, 0.6) is 0 Å². The van der Waals surface area contributed by atoms with Gasteiger partial charge in [0, 0.05) is 6.20 Å². The second-order valence-corrected chi connectivity index (χ2v) is 3.94. The molecule has 21 heavy (non-hydrogen) atoms. The third-order valence-electron chi connectivity index (χ3n) is 2.54. The molecule has 1 amide bonds. The van der Waals surface area contributed by atoms with Gasteiger partial charge in [-0.15, -0.1) is 0 Å². The molecule has 1 aromatic heterocycles. The van der Waals surface area contributed by atoms with E-state index >= 15 is 0 Å². The minimum atomic E-state index is -1.40. The number of benzene rings is 1. The molecular formula is C12H8F2N4O3. The summed E-state index contributed by atoms with van der Waals surface area (Å²) in [4.78, 5) is 21.7. The molecular weight excluding hydrogens is 286 g/mol. The number of amides is 1. The largest absolute Gasteiger partial charge is 0.346 e. The lowest BCUT2D eigenvalue weighted by Crippen LogP contribution is -2.24. The molecule has 0 radical (unpaired) electrons. The highest BCUT2D eigenvalue weighted by atomic mass is 19.2. The van der Waals surface area contributed by atoms with Gasteiger partial charge in [0.1, 0.15) is 5.56 Å². The molecule has 9 heteroatoms. The first kappa shape index (κ1) is 14.4. The van der Waals surface area contributed by atoms with Gasteiger partial charge in [-0.3, -0.25) is 14.9 Å². The van der Waals surface area contributed by atoms with Crippen molar-refractivity contribution in [1.29, 1.82) is 0 Å². The number of hydrogen-bond acceptors (Lipinski definition) is 5. The van der Waals surface area contributed by atoms with Crippen LogP contribution in [-0.4, -0.2) is 21.0 Å². The van der Waals surface area contributed by atoms with Crippen molar-refractivity contribution in [3.8, 4) is 0 Å². The maximum atomic E-state index is 13.1. The topological polar surface area (TPSA) is 98.0 Å². The Morgan fingerprint density at radius 1 is 1.33 bits per heavy atom. The molecule has 1 aromatic carbocycles. The molecule has 1 N–H and O–H groups in total. The lowest BCUT2D eigenvalue weighted by atomic mass is 10.1. The highest BCUT2D eigenvalue weighted by molar-refractivity contribution is 5.98. The molecule has 0 aliphatic rings. The molecule has 0 unspecified atom stereocenters. The number of carbonyl (C=O) groups excluding carboxylic acids is 1. The van der Waals surface area contributed by atoms with E-state index < -0.39 is 33.7 Å². The number of nitrogens with zero attached hydrogens (tertiary/aromatic N) is 3. The third kappa shape index (κ3) is 3.32. The number of carbonyl (C=O) groups is 1. The third-order valence-corrected chi connectivity index (χ3v) is 2.54. The van der Waals surface area contributed by atoms with Crippen LogP contribution in [0, 0.1) is 21.7 Å². The molecule has 0 bridgehead atoms. The SMILES string of the molecule is O=C(NCc1cccnn1)c1cc(F)c(F)cc1[N+](=O)[O-]. The van der Waals surface area contributed by atoms with Crippen LogP contribution in [0.3, 0.4) is 0 Å². The molecule has 0 aliphatic heterocycles. The Morgan fingerprint density at radius 3 is 2.67 bits per heavy atom. The highest BCUT2D eigenvalue weighted by Gasteiger charge is 2.23. The van der Waals surface area contributed by atoms with Crippen LogP contribution < -0.4 is 5.32 Å². The molecule has 0 atom stereocenters. The molecule has 7 nitrogen and oxygen atoms in total. The summed E-state index contributed by atoms with van der Waals surface area (Å²) in [6, 6.07) is 4.02. The van der Waals surface area contributed by atoms with Crippen LogP contribution in [0.4, 0.5) is 14.5 Å². The minimum absolute atomic E-state index is 0.0528. The number of nitro groups is 1. The molecule has 2 aromatic rings. The van der Waals surface area contributed by atoms with E-state index in [1.807, 2.05) is 0 Å². The first-order valence-corrected chi connectivity index (χ1v) is 5.67. The fourth-order valence-corrected chi connectivity index (χ4v) is 1.56. The maximum absolute atomic E-state index is 13.1. The van der Waals surface area contributed by atoms with Gasteiger partial charge in [0.15, 0.2) is 11.6 Å². The average Bonchev–Trinajstić information content (AvgIpc) is 2.48. The van der Waals surface area contributed by atoms with Crippen molar-refractivity contribution in [3.63, 3.8) is 0 Å². The van der Waals surface area contributed by atoms with Crippen molar-refractivity contribution in [2.24, 2.45) is 0 Å². The Kier molecular flexibility index (Phi) is 4.12. The fourth-order valence-electron chi connectivity index (χ4n) is 1.56. The van der Waals surface area contributed by atoms with Crippen molar-refractivity contribution in [3.05, 3.63) is 63.5 Å². The molecule has 0 saturated heterocycles. The Hall–Kier alpha value is -2.97. The summed E-state index contributed by atoms with van der Waals surface area (Å²) in [6.45, 7) is -0.0528. The average molecular weight is 294 g/mol. The Labute approximate surface area is 116 Å². The van der Waals surface area contributed by atoms with E-state index in [2.05, 4.69) is 15.5 Å². The first-order chi connectivity index (χ1) is 9.99. The van der Waals surface area contributed by atoms with E-state index in [-0.39, 0.29) is 6.54 Å². The monoisotopic (exact) mass is 294 g/mol. The van der Waals surface area contributed by atoms with Gasteiger partial charge in [0.2, 0.25) is 0 Å². The Morgan fingerprint density at radius 2 is 2.05 bits per heavy atom. The summed E-state index contributed by atoms with van der Waals surface area (Å²) in [7, 11) is 0. The van der Waals surface area contributed by atoms with Crippen molar-refractivity contribution >= 4 is 11.6 Å². The molecule has 0 saturated carbocycles. The molecule has 0 aliphatic carbocycles. The standard InChI is InChI=1S/C12H8F2N4O3/c13-9-4-8(11(18(20)21)5-10(9)14)12(19)15-6-7-2-1-3-16-17-7/h1-5H,6H2,(H,15,19). The van der Waals surface area contributed by atoms with Crippen molar-refractivity contribution in [1.82, 2.24) is 15.5 Å². The normalized spacial score (nSPS) is 10.2. The lowest BCUT2D eigenvalue weighted by molar-refractivity contribution is -0.385. The van der Waals surface area contributed by atoms with Crippen LogP contribution in [0.25, 0.3) is 0 Å². The van der Waals surface area contributed by atoms with Crippen molar-refractivity contribution in [2.75, 3.05) is 0 Å². The number of nitro benzene ring substituents is 1. The van der Waals surface area contributed by atoms with Gasteiger partial charge in [-0.05, 0) is 18.2 Å². The zero-order chi connectivity index (χ0) is 15.4. The maximum Gasteiger partial charge on any atom is 0.285 e. The summed E-state index contributed by atoms with van der Waals surface area (Å²) in [5.74, 6) is -3.65. The number of hydrogen-bond donors (Lipinski definition) is 1. The van der Waals surface area contributed by atoms with Gasteiger partial charge >= 0.3 is 0 Å². The van der Waals surface area contributed by atoms with Crippen molar-refractivity contribution in [2.45, 2.75) is 6.54 Å². The second kappa shape index (κ2) is 5.99. The summed E-state index contributed by atoms with van der Waals surface area (Å²) in [5.41, 5.74) is -0.968. The zero-order valence-corrected chi connectivity index (χ0v) is 10.4. The van der Waals surface area contributed by atoms with Gasteiger partial charge in [-0.1, -0.05) is 0 Å². The Bertz CT molecular complexity index is 694. The number of aromatic nitrogens is 2. The van der Waals surface area contributed by atoms with Crippen molar-refractivity contribution < 1.29 is 18.5 Å². The summed E-state index contributed by atoms with van der Waals surface area (Å²) in [6.07, 6.45) is 1.44. The number of rotatable bonds is 4. The van der Waals surface area contributed by atoms with Gasteiger partial charge in [0.25, 0.3) is 11.6 Å². The van der Waals surface area contributed by atoms with E-state index in [1.165, 1.54) is 6.20 Å². The van der Waals surface area contributed by atoms with Gasteiger partial charge in [0.05, 0.1) is 23.2 Å². The predicted octanol–water partition coefficient (Wildman–Crippen LogP) is 1.59. The molecule has 0 spiro atoms. The van der Waals surface area contributed by atoms with E-state index in [1.54, 1.807) is 12.1 Å². The van der Waals surface area contributed by atoms with E-state index in [0.29, 0.717) is 17.8 Å². The summed E-state index contributed by atoms with van der Waals surface area (Å²) >= 11 is 0. The van der Waals surface area contributed by atoms with E-state index in [9.17, 15) is 23.7 Å². The molecule has 0 fully saturated rings. The smallest absolute Gasteiger partial charge is 0.285 e. The molecule has 108 valence electrons.